The van der Waals surface area contributed by atoms with Crippen molar-refractivity contribution < 1.29 is 13.6 Å². The lowest BCUT2D eigenvalue weighted by molar-refractivity contribution is -0.102. The monoisotopic (exact) mass is 107 g/mol. The molecule has 3 nitrogen and oxygen atoms in total. The Bertz CT molecular complexity index is 110. The summed E-state index contributed by atoms with van der Waals surface area (Å²) < 4.78 is 17.2. The molecule has 0 aromatic carbocycles. The van der Waals surface area contributed by atoms with Gasteiger partial charge in [-0.3, -0.25) is 0 Å². The van der Waals surface area contributed by atoms with E-state index in [1.54, 1.807) is 0 Å². The zero-order valence-electron chi connectivity index (χ0n) is 2.83. The van der Waals surface area contributed by atoms with Crippen LogP contribution in [0.3, 0.4) is 0 Å². The number of rotatable bonds is 1. The second-order valence-corrected chi connectivity index (χ2v) is 1.37. The third-order valence-electron chi connectivity index (χ3n) is 0.172. The van der Waals surface area contributed by atoms with Crippen LogP contribution in [0.1, 0.15) is 0 Å². The van der Waals surface area contributed by atoms with Crippen LogP contribution in [0.5, 0.6) is 0 Å². The van der Waals surface area contributed by atoms with E-state index in [-0.39, 0.29) is 6.29 Å². The Labute approximate surface area is 36.8 Å². The molecule has 0 unspecified atom stereocenters. The molecule has 0 aliphatic heterocycles. The third kappa shape index (κ3) is 3.65. The minimum Gasteiger partial charge on any atom is -0.467 e. The maximum absolute atomic E-state index is 9.42. The van der Waals surface area contributed by atoms with Gasteiger partial charge in [0.2, 0.25) is 0 Å². The molecule has 0 rings (SSSR count). The second-order valence-electron chi connectivity index (χ2n) is 0.548. The van der Waals surface area contributed by atoms with Gasteiger partial charge in [0.1, 0.15) is 6.29 Å². The SMILES string of the molecule is O=CC=[S-](=O)O. The molecule has 0 aromatic rings. The van der Waals surface area contributed by atoms with E-state index < -0.39 is 10.7 Å². The summed E-state index contributed by atoms with van der Waals surface area (Å²) in [4.78, 5) is 9.21. The molecule has 0 saturated heterocycles. The van der Waals surface area contributed by atoms with Crippen LogP contribution in [0.4, 0.5) is 0 Å². The number of carbonyl (C=O) groups is 1. The summed E-state index contributed by atoms with van der Waals surface area (Å²) in [7, 11) is -2.06. The summed E-state index contributed by atoms with van der Waals surface area (Å²) in [5.41, 5.74) is 0. The first-order chi connectivity index (χ1) is 2.77. The largest absolute Gasteiger partial charge is 0.467 e. The van der Waals surface area contributed by atoms with Crippen molar-refractivity contribution in [1.82, 2.24) is 0 Å². The van der Waals surface area contributed by atoms with Crippen molar-refractivity contribution in [3.05, 3.63) is 0 Å². The normalized spacial score (nSPS) is 14.2. The zero-order valence-corrected chi connectivity index (χ0v) is 3.64. The Balaban J connectivity index is 3.75. The van der Waals surface area contributed by atoms with Crippen LogP contribution >= 0.6 is 0 Å². The van der Waals surface area contributed by atoms with Crippen LogP contribution in [-0.2, 0) is 19.7 Å². The van der Waals surface area contributed by atoms with Crippen LogP contribution in [-0.4, -0.2) is 16.2 Å². The van der Waals surface area contributed by atoms with Crippen molar-refractivity contribution in [2.45, 2.75) is 0 Å². The number of hydrogen-bond donors (Lipinski definition) is 1. The van der Waals surface area contributed by atoms with E-state index in [0.717, 1.165) is 0 Å². The quantitative estimate of drug-likeness (QED) is 0.211. The summed E-state index contributed by atoms with van der Waals surface area (Å²) in [6.45, 7) is 0. The molecule has 1 N–H and O–H groups in total. The Hall–Kier alpha value is -0.350. The fourth-order valence-electron chi connectivity index (χ4n) is 0.0475. The molecule has 0 aliphatic rings. The highest BCUT2D eigenvalue weighted by atomic mass is 32.2. The first-order valence-corrected chi connectivity index (χ1v) is 2.32. The molecule has 36 valence electrons. The molecular weight excluding hydrogens is 104 g/mol. The smallest absolute Gasteiger partial charge is 0.121 e. The number of carbonyl (C=O) groups excluding carboxylic acids is 1. The van der Waals surface area contributed by atoms with Crippen molar-refractivity contribution in [1.29, 1.82) is 0 Å². The molecule has 0 aromatic heterocycles. The van der Waals surface area contributed by atoms with Gasteiger partial charge >= 0.3 is 0 Å². The van der Waals surface area contributed by atoms with Crippen LogP contribution in [0.25, 0.3) is 0 Å². The molecule has 0 heterocycles. The maximum atomic E-state index is 9.42. The summed E-state index contributed by atoms with van der Waals surface area (Å²) in [6.07, 6.45) is 0.274. The van der Waals surface area contributed by atoms with Gasteiger partial charge in [0.25, 0.3) is 0 Å². The average molecular weight is 107 g/mol. The van der Waals surface area contributed by atoms with Crippen LogP contribution < -0.4 is 0 Å². The highest BCUT2D eigenvalue weighted by Crippen LogP contribution is 1.42. The van der Waals surface area contributed by atoms with Crippen molar-refractivity contribution in [2.75, 3.05) is 0 Å². The number of hydrogen-bond acceptors (Lipinski definition) is 3. The van der Waals surface area contributed by atoms with Crippen LogP contribution in [0.15, 0.2) is 0 Å². The van der Waals surface area contributed by atoms with Gasteiger partial charge in [0, 0.05) is 0 Å². The highest BCUT2D eigenvalue weighted by Gasteiger charge is 1.46. The topological polar surface area (TPSA) is 54.4 Å². The highest BCUT2D eigenvalue weighted by molar-refractivity contribution is 7.79. The lowest BCUT2D eigenvalue weighted by atomic mass is 10.9. The Morgan fingerprint density at radius 2 is 2.17 bits per heavy atom. The Morgan fingerprint density at radius 3 is 2.17 bits per heavy atom. The van der Waals surface area contributed by atoms with E-state index in [0.29, 0.717) is 5.37 Å². The van der Waals surface area contributed by atoms with Gasteiger partial charge in [-0.05, 0) is 0 Å². The van der Waals surface area contributed by atoms with Crippen molar-refractivity contribution in [3.8, 4) is 0 Å². The molecule has 0 fully saturated rings. The molecule has 4 heteroatoms. The van der Waals surface area contributed by atoms with E-state index >= 15 is 0 Å². The molecule has 0 radical (unpaired) electrons. The van der Waals surface area contributed by atoms with E-state index in [1.165, 1.54) is 0 Å². The zero-order chi connectivity index (χ0) is 4.99. The predicted molar refractivity (Wildman–Crippen MR) is 22.8 cm³/mol. The van der Waals surface area contributed by atoms with Gasteiger partial charge in [-0.1, -0.05) is 5.37 Å². The second kappa shape index (κ2) is 2.87. The van der Waals surface area contributed by atoms with Gasteiger partial charge < -0.3 is 13.6 Å². The molecule has 0 amide bonds. The first kappa shape index (κ1) is 5.65. The van der Waals surface area contributed by atoms with Gasteiger partial charge in [0.05, 0.1) is 0 Å². The lowest BCUT2D eigenvalue weighted by Crippen LogP contribution is -1.77. The fraction of sp³-hybridized carbons (Fsp3) is 0. The summed E-state index contributed by atoms with van der Waals surface area (Å²) in [6, 6.07) is 0. The predicted octanol–water partition coefficient (Wildman–Crippen LogP) is -0.576. The van der Waals surface area contributed by atoms with Crippen molar-refractivity contribution in [3.63, 3.8) is 0 Å². The standard InChI is InChI=1S/C2H3O3S/c3-1-2-6(4)5/h1-2H,(H,4,5)/q-1. The molecular formula is C2H3O3S-. The minimum atomic E-state index is -2.06. The van der Waals surface area contributed by atoms with Crippen molar-refractivity contribution >= 4 is 22.3 Å². The maximum Gasteiger partial charge on any atom is 0.121 e. The Kier molecular flexibility index (Phi) is 2.70. The van der Waals surface area contributed by atoms with Crippen LogP contribution in [0.2, 0.25) is 0 Å². The van der Waals surface area contributed by atoms with Gasteiger partial charge in [-0.15, -0.1) is 0 Å². The third-order valence-corrected chi connectivity index (χ3v) is 0.516. The summed E-state index contributed by atoms with van der Waals surface area (Å²) in [5, 5.41) is 0.639. The average Bonchev–Trinajstić information content (AvgIpc) is 1.35. The fourth-order valence-corrected chi connectivity index (χ4v) is 0.143. The van der Waals surface area contributed by atoms with E-state index in [1.807, 2.05) is 0 Å². The first-order valence-electron chi connectivity index (χ1n) is 1.15. The van der Waals surface area contributed by atoms with Crippen molar-refractivity contribution in [2.24, 2.45) is 0 Å². The molecule has 6 heavy (non-hydrogen) atoms. The van der Waals surface area contributed by atoms with E-state index in [4.69, 9.17) is 4.55 Å². The molecule has 0 spiro atoms. The van der Waals surface area contributed by atoms with Crippen LogP contribution in [0, 0.1) is 0 Å². The summed E-state index contributed by atoms with van der Waals surface area (Å²) >= 11 is 0. The van der Waals surface area contributed by atoms with Gasteiger partial charge in [-0.25, -0.2) is 0 Å². The molecule has 0 atom stereocenters. The molecule has 0 bridgehead atoms. The van der Waals surface area contributed by atoms with E-state index in [9.17, 15) is 9.00 Å². The minimum absolute atomic E-state index is 0.274. The van der Waals surface area contributed by atoms with Gasteiger partial charge in [-0.2, -0.15) is 10.7 Å². The summed E-state index contributed by atoms with van der Waals surface area (Å²) in [5.74, 6) is 0. The molecule has 0 aliphatic carbocycles. The van der Waals surface area contributed by atoms with E-state index in [2.05, 4.69) is 0 Å². The Morgan fingerprint density at radius 1 is 1.67 bits per heavy atom. The lowest BCUT2D eigenvalue weighted by Gasteiger charge is -1.77. The van der Waals surface area contributed by atoms with Gasteiger partial charge in [0.15, 0.2) is 0 Å². The number of aldehydes is 1. The molecule has 0 saturated carbocycles.